The number of hydrogen-bond donors (Lipinski definition) is 1. The maximum atomic E-state index is 12.2. The molecule has 2 heterocycles. The molecule has 6 heteroatoms. The van der Waals surface area contributed by atoms with E-state index in [0.29, 0.717) is 23.8 Å². The number of nitrogens with zero attached hydrogens (tertiary/aromatic N) is 3. The molecule has 0 aliphatic carbocycles. The summed E-state index contributed by atoms with van der Waals surface area (Å²) in [4.78, 5) is 13.9. The quantitative estimate of drug-likeness (QED) is 0.850. The van der Waals surface area contributed by atoms with Crippen LogP contribution in [0.3, 0.4) is 0 Å². The lowest BCUT2D eigenvalue weighted by atomic mass is 10.0. The molecule has 1 aromatic heterocycles. The number of anilines is 1. The predicted molar refractivity (Wildman–Crippen MR) is 68.1 cm³/mol. The Morgan fingerprint density at radius 2 is 2.50 bits per heavy atom. The molecule has 0 radical (unpaired) electrons. The van der Waals surface area contributed by atoms with E-state index in [1.165, 1.54) is 0 Å². The summed E-state index contributed by atoms with van der Waals surface area (Å²) in [6.45, 7) is 2.26. The van der Waals surface area contributed by atoms with Gasteiger partial charge in [0.15, 0.2) is 5.69 Å². The Labute approximate surface area is 107 Å². The van der Waals surface area contributed by atoms with Crippen LogP contribution in [0.2, 0.25) is 0 Å². The molecule has 0 bridgehead atoms. The minimum absolute atomic E-state index is 0.126. The third-order valence-corrected chi connectivity index (χ3v) is 3.19. The van der Waals surface area contributed by atoms with Crippen LogP contribution in [0.1, 0.15) is 23.3 Å². The Kier molecular flexibility index (Phi) is 3.86. The number of carbonyl (C=O) groups excluding carboxylic acids is 1. The van der Waals surface area contributed by atoms with Crippen LogP contribution >= 0.6 is 0 Å². The average molecular weight is 252 g/mol. The van der Waals surface area contributed by atoms with Crippen molar-refractivity contribution in [3.8, 4) is 0 Å². The van der Waals surface area contributed by atoms with E-state index >= 15 is 0 Å². The number of carbonyl (C=O) groups is 1. The summed E-state index contributed by atoms with van der Waals surface area (Å²) in [5.41, 5.74) is 6.51. The minimum atomic E-state index is -0.126. The van der Waals surface area contributed by atoms with E-state index in [2.05, 4.69) is 5.10 Å². The van der Waals surface area contributed by atoms with Gasteiger partial charge in [0.2, 0.25) is 0 Å². The molecule has 1 fully saturated rings. The van der Waals surface area contributed by atoms with Gasteiger partial charge in [0, 0.05) is 33.4 Å². The normalized spacial score (nSPS) is 19.8. The van der Waals surface area contributed by atoms with Crippen molar-refractivity contribution in [3.63, 3.8) is 0 Å². The first-order valence-electron chi connectivity index (χ1n) is 6.20. The molecule has 0 aromatic carbocycles. The van der Waals surface area contributed by atoms with Crippen LogP contribution in [-0.4, -0.2) is 47.4 Å². The maximum absolute atomic E-state index is 12.2. The first-order chi connectivity index (χ1) is 8.58. The van der Waals surface area contributed by atoms with Gasteiger partial charge in [0.05, 0.1) is 12.3 Å². The Hall–Kier alpha value is -1.56. The van der Waals surface area contributed by atoms with Gasteiger partial charge in [-0.05, 0) is 18.8 Å². The van der Waals surface area contributed by atoms with Crippen molar-refractivity contribution in [2.45, 2.75) is 12.8 Å². The Balaban J connectivity index is 1.97. The Bertz CT molecular complexity index is 424. The zero-order valence-corrected chi connectivity index (χ0v) is 10.9. The van der Waals surface area contributed by atoms with Crippen LogP contribution < -0.4 is 5.73 Å². The zero-order chi connectivity index (χ0) is 13.1. The fraction of sp³-hybridized carbons (Fsp3) is 0.667. The minimum Gasteiger partial charge on any atom is -0.396 e. The summed E-state index contributed by atoms with van der Waals surface area (Å²) in [6, 6.07) is 0. The van der Waals surface area contributed by atoms with Gasteiger partial charge in [-0.3, -0.25) is 9.48 Å². The maximum Gasteiger partial charge on any atom is 0.276 e. The molecule has 6 nitrogen and oxygen atoms in total. The summed E-state index contributed by atoms with van der Waals surface area (Å²) in [7, 11) is 3.53. The Morgan fingerprint density at radius 3 is 3.06 bits per heavy atom. The summed E-state index contributed by atoms with van der Waals surface area (Å²) in [5, 5.41) is 4.09. The smallest absolute Gasteiger partial charge is 0.276 e. The van der Waals surface area contributed by atoms with Crippen molar-refractivity contribution in [2.24, 2.45) is 13.0 Å². The molecule has 1 saturated heterocycles. The van der Waals surface area contributed by atoms with E-state index in [4.69, 9.17) is 10.5 Å². The van der Waals surface area contributed by atoms with E-state index in [9.17, 15) is 4.79 Å². The molecule has 100 valence electrons. The van der Waals surface area contributed by atoms with Gasteiger partial charge in [-0.15, -0.1) is 0 Å². The molecule has 2 N–H and O–H groups in total. The van der Waals surface area contributed by atoms with Crippen molar-refractivity contribution < 1.29 is 9.53 Å². The van der Waals surface area contributed by atoms with Gasteiger partial charge in [-0.2, -0.15) is 5.10 Å². The molecule has 2 rings (SSSR count). The summed E-state index contributed by atoms with van der Waals surface area (Å²) in [6.07, 6.45) is 3.82. The molecule has 1 aliphatic rings. The van der Waals surface area contributed by atoms with Gasteiger partial charge >= 0.3 is 0 Å². The second-order valence-corrected chi connectivity index (χ2v) is 4.88. The largest absolute Gasteiger partial charge is 0.396 e. The first kappa shape index (κ1) is 12.9. The third-order valence-electron chi connectivity index (χ3n) is 3.19. The van der Waals surface area contributed by atoms with E-state index < -0.39 is 0 Å². The molecular formula is C12H20N4O2. The van der Waals surface area contributed by atoms with E-state index in [0.717, 1.165) is 26.1 Å². The van der Waals surface area contributed by atoms with Crippen molar-refractivity contribution in [3.05, 3.63) is 11.9 Å². The van der Waals surface area contributed by atoms with Crippen LogP contribution in [0, 0.1) is 5.92 Å². The van der Waals surface area contributed by atoms with Gasteiger partial charge in [0.25, 0.3) is 5.91 Å². The van der Waals surface area contributed by atoms with Crippen molar-refractivity contribution in [1.82, 2.24) is 14.7 Å². The SMILES string of the molecule is CN(CC1CCCOC1)C(=O)c1nn(C)cc1N. The lowest BCUT2D eigenvalue weighted by molar-refractivity contribution is 0.0387. The van der Waals surface area contributed by atoms with E-state index in [-0.39, 0.29) is 5.91 Å². The summed E-state index contributed by atoms with van der Waals surface area (Å²) >= 11 is 0. The van der Waals surface area contributed by atoms with Crippen LogP contribution in [0.15, 0.2) is 6.20 Å². The molecule has 0 spiro atoms. The number of rotatable bonds is 3. The predicted octanol–water partition coefficient (Wildman–Crippen LogP) is 0.501. The fourth-order valence-electron chi connectivity index (χ4n) is 2.28. The topological polar surface area (TPSA) is 73.4 Å². The molecule has 1 aromatic rings. The lowest BCUT2D eigenvalue weighted by Gasteiger charge is -2.26. The molecule has 1 unspecified atom stereocenters. The number of nitrogens with two attached hydrogens (primary N) is 1. The van der Waals surface area contributed by atoms with E-state index in [1.54, 1.807) is 29.9 Å². The molecule has 1 atom stereocenters. The second-order valence-electron chi connectivity index (χ2n) is 4.88. The number of hydrogen-bond acceptors (Lipinski definition) is 4. The summed E-state index contributed by atoms with van der Waals surface area (Å²) < 4.78 is 6.97. The highest BCUT2D eigenvalue weighted by molar-refractivity contribution is 5.96. The number of aromatic nitrogens is 2. The molecule has 18 heavy (non-hydrogen) atoms. The highest BCUT2D eigenvalue weighted by Crippen LogP contribution is 2.16. The third kappa shape index (κ3) is 2.81. The fourth-order valence-corrected chi connectivity index (χ4v) is 2.28. The molecule has 1 aliphatic heterocycles. The standard InChI is InChI=1S/C12H20N4O2/c1-15(6-9-4-3-5-18-8-9)12(17)11-10(13)7-16(2)14-11/h7,9H,3-6,8,13H2,1-2H3. The monoisotopic (exact) mass is 252 g/mol. The van der Waals surface area contributed by atoms with E-state index in [1.807, 2.05) is 0 Å². The Morgan fingerprint density at radius 1 is 1.72 bits per heavy atom. The van der Waals surface area contributed by atoms with Crippen LogP contribution in [0.25, 0.3) is 0 Å². The highest BCUT2D eigenvalue weighted by atomic mass is 16.5. The number of nitrogen functional groups attached to an aromatic ring is 1. The number of aryl methyl sites for hydroxylation is 1. The second kappa shape index (κ2) is 5.39. The summed E-state index contributed by atoms with van der Waals surface area (Å²) in [5.74, 6) is 0.288. The average Bonchev–Trinajstić information content (AvgIpc) is 2.68. The van der Waals surface area contributed by atoms with Gasteiger partial charge in [-0.25, -0.2) is 0 Å². The van der Waals surface area contributed by atoms with Crippen molar-refractivity contribution in [2.75, 3.05) is 32.5 Å². The molecule has 0 saturated carbocycles. The number of ether oxygens (including phenoxy) is 1. The van der Waals surface area contributed by atoms with Crippen molar-refractivity contribution >= 4 is 11.6 Å². The zero-order valence-electron chi connectivity index (χ0n) is 10.9. The van der Waals surface area contributed by atoms with Gasteiger partial charge < -0.3 is 15.4 Å². The first-order valence-corrected chi connectivity index (χ1v) is 6.20. The van der Waals surface area contributed by atoms with Crippen LogP contribution in [-0.2, 0) is 11.8 Å². The van der Waals surface area contributed by atoms with Crippen molar-refractivity contribution in [1.29, 1.82) is 0 Å². The molecular weight excluding hydrogens is 232 g/mol. The molecule has 1 amide bonds. The van der Waals surface area contributed by atoms with Gasteiger partial charge in [-0.1, -0.05) is 0 Å². The lowest BCUT2D eigenvalue weighted by Crippen LogP contribution is -2.35. The van der Waals surface area contributed by atoms with Crippen LogP contribution in [0.5, 0.6) is 0 Å². The van der Waals surface area contributed by atoms with Crippen LogP contribution in [0.4, 0.5) is 5.69 Å². The number of amides is 1. The highest BCUT2D eigenvalue weighted by Gasteiger charge is 2.22. The van der Waals surface area contributed by atoms with Gasteiger partial charge in [0.1, 0.15) is 0 Å².